The molecule has 0 spiro atoms. The van der Waals surface area contributed by atoms with Crippen molar-refractivity contribution in [1.82, 2.24) is 0 Å². The third-order valence-electron chi connectivity index (χ3n) is 3.56. The van der Waals surface area contributed by atoms with Crippen molar-refractivity contribution < 1.29 is 21.6 Å². The van der Waals surface area contributed by atoms with Gasteiger partial charge in [0.15, 0.2) is 0 Å². The lowest BCUT2D eigenvalue weighted by Crippen LogP contribution is -2.17. The number of rotatable bonds is 3. The van der Waals surface area contributed by atoms with E-state index in [-0.39, 0.29) is 9.92 Å². The van der Waals surface area contributed by atoms with Gasteiger partial charge < -0.3 is 0 Å². The van der Waals surface area contributed by atoms with Gasteiger partial charge in [-0.2, -0.15) is 13.2 Å². The highest BCUT2D eigenvalue weighted by Crippen LogP contribution is 2.37. The van der Waals surface area contributed by atoms with Gasteiger partial charge in [0.05, 0.1) is 16.1 Å². The first-order chi connectivity index (χ1) is 11.7. The summed E-state index contributed by atoms with van der Waals surface area (Å²) in [5, 5.41) is 1.35. The van der Waals surface area contributed by atoms with Crippen molar-refractivity contribution in [3.05, 3.63) is 71.2 Å². The number of fused-ring (bicyclic) bond motifs is 1. The Balaban J connectivity index is 2.04. The molecule has 0 atom stereocenters. The van der Waals surface area contributed by atoms with Gasteiger partial charge in [0.25, 0.3) is 10.0 Å². The zero-order valence-corrected chi connectivity index (χ0v) is 14.1. The van der Waals surface area contributed by atoms with Gasteiger partial charge >= 0.3 is 6.18 Å². The largest absolute Gasteiger partial charge is 0.418 e. The Bertz CT molecular complexity index is 1050. The smallest absolute Gasteiger partial charge is 0.279 e. The number of halogens is 4. The van der Waals surface area contributed by atoms with E-state index in [2.05, 4.69) is 0 Å². The molecular weight excluding hydrogens is 375 g/mol. The molecule has 0 heterocycles. The number of anilines is 1. The first kappa shape index (κ1) is 17.6. The van der Waals surface area contributed by atoms with Gasteiger partial charge in [0, 0.05) is 5.02 Å². The molecule has 0 unspecified atom stereocenters. The third kappa shape index (κ3) is 3.72. The van der Waals surface area contributed by atoms with E-state index in [4.69, 9.17) is 11.6 Å². The summed E-state index contributed by atoms with van der Waals surface area (Å²) in [5.74, 6) is 0. The van der Waals surface area contributed by atoms with Crippen LogP contribution in [0.1, 0.15) is 5.56 Å². The molecule has 3 nitrogen and oxygen atoms in total. The molecule has 0 fully saturated rings. The van der Waals surface area contributed by atoms with Gasteiger partial charge in [-0.3, -0.25) is 4.72 Å². The van der Waals surface area contributed by atoms with Crippen molar-refractivity contribution in [1.29, 1.82) is 0 Å². The topological polar surface area (TPSA) is 46.2 Å². The van der Waals surface area contributed by atoms with E-state index in [1.54, 1.807) is 30.3 Å². The van der Waals surface area contributed by atoms with Crippen LogP contribution in [-0.4, -0.2) is 8.42 Å². The Labute approximate surface area is 147 Å². The van der Waals surface area contributed by atoms with Crippen LogP contribution in [0.5, 0.6) is 0 Å². The second-order valence-corrected chi connectivity index (χ2v) is 7.42. The van der Waals surface area contributed by atoms with Gasteiger partial charge in [-0.25, -0.2) is 8.42 Å². The van der Waals surface area contributed by atoms with Crippen LogP contribution in [0.15, 0.2) is 65.6 Å². The molecule has 0 aliphatic carbocycles. The average Bonchev–Trinajstić information content (AvgIpc) is 2.55. The summed E-state index contributed by atoms with van der Waals surface area (Å²) < 4.78 is 66.4. The number of hydrogen-bond donors (Lipinski definition) is 1. The zero-order valence-electron chi connectivity index (χ0n) is 12.5. The standard InChI is InChI=1S/C17H11ClF3NO2S/c18-13-6-8-16(15(10-13)17(19,20)21)22-25(23,24)14-7-5-11-3-1-2-4-12(11)9-14/h1-10,22H. The zero-order chi connectivity index (χ0) is 18.2. The quantitative estimate of drug-likeness (QED) is 0.663. The molecule has 130 valence electrons. The number of benzene rings is 3. The maximum Gasteiger partial charge on any atom is 0.418 e. The number of alkyl halides is 3. The van der Waals surface area contributed by atoms with Crippen molar-refractivity contribution >= 4 is 38.1 Å². The molecule has 3 aromatic rings. The molecule has 0 saturated carbocycles. The monoisotopic (exact) mass is 385 g/mol. The maximum absolute atomic E-state index is 13.1. The van der Waals surface area contributed by atoms with Gasteiger partial charge in [-0.15, -0.1) is 0 Å². The Morgan fingerprint density at radius 3 is 2.24 bits per heavy atom. The van der Waals surface area contributed by atoms with E-state index in [1.165, 1.54) is 18.2 Å². The van der Waals surface area contributed by atoms with Crippen molar-refractivity contribution in [3.63, 3.8) is 0 Å². The first-order valence-electron chi connectivity index (χ1n) is 7.05. The van der Waals surface area contributed by atoms with E-state index >= 15 is 0 Å². The Kier molecular flexibility index (Phi) is 4.38. The molecule has 0 aromatic heterocycles. The SMILES string of the molecule is O=S(=O)(Nc1ccc(Cl)cc1C(F)(F)F)c1ccc2ccccc2c1. The summed E-state index contributed by atoms with van der Waals surface area (Å²) in [6, 6.07) is 14.3. The van der Waals surface area contributed by atoms with Crippen LogP contribution >= 0.6 is 11.6 Å². The molecule has 0 amide bonds. The molecule has 8 heteroatoms. The molecule has 25 heavy (non-hydrogen) atoms. The Hall–Kier alpha value is -2.25. The minimum Gasteiger partial charge on any atom is -0.279 e. The van der Waals surface area contributed by atoms with E-state index < -0.39 is 27.5 Å². The van der Waals surface area contributed by atoms with Gasteiger partial charge in [0.2, 0.25) is 0 Å². The predicted octanol–water partition coefficient (Wildman–Crippen LogP) is 5.31. The second kappa shape index (κ2) is 6.24. The van der Waals surface area contributed by atoms with E-state index in [1.807, 2.05) is 4.72 Å². The van der Waals surface area contributed by atoms with Crippen molar-refractivity contribution in [2.24, 2.45) is 0 Å². The van der Waals surface area contributed by atoms with Crippen LogP contribution in [0.3, 0.4) is 0 Å². The molecule has 3 rings (SSSR count). The molecule has 0 aliphatic heterocycles. The van der Waals surface area contributed by atoms with Crippen LogP contribution in [0.2, 0.25) is 5.02 Å². The van der Waals surface area contributed by atoms with Crippen LogP contribution < -0.4 is 4.72 Å². The molecular formula is C17H11ClF3NO2S. The highest BCUT2D eigenvalue weighted by Gasteiger charge is 2.35. The van der Waals surface area contributed by atoms with Crippen LogP contribution in [0.25, 0.3) is 10.8 Å². The molecule has 0 aliphatic rings. The molecule has 0 bridgehead atoms. The predicted molar refractivity (Wildman–Crippen MR) is 91.2 cm³/mol. The number of sulfonamides is 1. The summed E-state index contributed by atoms with van der Waals surface area (Å²) >= 11 is 5.60. The van der Waals surface area contributed by atoms with Crippen LogP contribution in [0.4, 0.5) is 18.9 Å². The highest BCUT2D eigenvalue weighted by molar-refractivity contribution is 7.92. The van der Waals surface area contributed by atoms with E-state index in [0.29, 0.717) is 11.5 Å². The number of hydrogen-bond acceptors (Lipinski definition) is 2. The average molecular weight is 386 g/mol. The summed E-state index contributed by atoms with van der Waals surface area (Å²) in [6.45, 7) is 0. The van der Waals surface area contributed by atoms with Gasteiger partial charge in [0.1, 0.15) is 0 Å². The fourth-order valence-corrected chi connectivity index (χ4v) is 3.67. The van der Waals surface area contributed by atoms with Gasteiger partial charge in [-0.05, 0) is 41.1 Å². The molecule has 0 saturated heterocycles. The van der Waals surface area contributed by atoms with Crippen molar-refractivity contribution in [2.45, 2.75) is 11.1 Å². The fraction of sp³-hybridized carbons (Fsp3) is 0.0588. The summed E-state index contributed by atoms with van der Waals surface area (Å²) in [5.41, 5.74) is -1.73. The second-order valence-electron chi connectivity index (χ2n) is 5.30. The molecule has 0 radical (unpaired) electrons. The number of nitrogens with one attached hydrogen (secondary N) is 1. The lowest BCUT2D eigenvalue weighted by molar-refractivity contribution is -0.136. The first-order valence-corrected chi connectivity index (χ1v) is 8.91. The Morgan fingerprint density at radius 2 is 1.56 bits per heavy atom. The fourth-order valence-electron chi connectivity index (χ4n) is 2.38. The van der Waals surface area contributed by atoms with Crippen LogP contribution in [0, 0.1) is 0 Å². The molecule has 1 N–H and O–H groups in total. The minimum atomic E-state index is -4.74. The van der Waals surface area contributed by atoms with Crippen molar-refractivity contribution in [3.8, 4) is 0 Å². The van der Waals surface area contributed by atoms with Crippen molar-refractivity contribution in [2.75, 3.05) is 4.72 Å². The van der Waals surface area contributed by atoms with Crippen LogP contribution in [-0.2, 0) is 16.2 Å². The Morgan fingerprint density at radius 1 is 0.880 bits per heavy atom. The van der Waals surface area contributed by atoms with E-state index in [9.17, 15) is 21.6 Å². The normalized spacial score (nSPS) is 12.3. The summed E-state index contributed by atoms with van der Waals surface area (Å²) in [4.78, 5) is -0.130. The summed E-state index contributed by atoms with van der Waals surface area (Å²) in [7, 11) is -4.19. The van der Waals surface area contributed by atoms with Gasteiger partial charge in [-0.1, -0.05) is 41.9 Å². The maximum atomic E-state index is 13.1. The third-order valence-corrected chi connectivity index (χ3v) is 5.16. The lowest BCUT2D eigenvalue weighted by Gasteiger charge is -2.15. The molecule has 3 aromatic carbocycles. The lowest BCUT2D eigenvalue weighted by atomic mass is 10.1. The highest BCUT2D eigenvalue weighted by atomic mass is 35.5. The summed E-state index contributed by atoms with van der Waals surface area (Å²) in [6.07, 6.45) is -4.74. The van der Waals surface area contributed by atoms with E-state index in [0.717, 1.165) is 11.5 Å². The minimum absolute atomic E-state index is 0.130.